The molecule has 0 bridgehead atoms. The van der Waals surface area contributed by atoms with Gasteiger partial charge in [0.25, 0.3) is 0 Å². The van der Waals surface area contributed by atoms with Crippen LogP contribution in [0.2, 0.25) is 0 Å². The van der Waals surface area contributed by atoms with E-state index in [1.807, 2.05) is 39.0 Å². The smallest absolute Gasteiger partial charge is 0.227 e. The quantitative estimate of drug-likeness (QED) is 0.921. The van der Waals surface area contributed by atoms with Crippen molar-refractivity contribution < 1.29 is 4.74 Å². The molecule has 0 saturated heterocycles. The number of nitrogens with one attached hydrogen (secondary N) is 1. The van der Waals surface area contributed by atoms with Gasteiger partial charge in [0, 0.05) is 6.54 Å². The molecule has 2 aromatic rings. The average Bonchev–Trinajstić information content (AvgIpc) is 2.37. The van der Waals surface area contributed by atoms with Crippen LogP contribution in [0.4, 0.5) is 5.82 Å². The van der Waals surface area contributed by atoms with Gasteiger partial charge in [-0.1, -0.05) is 6.07 Å². The molecule has 0 amide bonds. The third-order valence-corrected chi connectivity index (χ3v) is 3.30. The second-order valence-corrected chi connectivity index (χ2v) is 5.07. The highest BCUT2D eigenvalue weighted by molar-refractivity contribution is 9.10. The van der Waals surface area contributed by atoms with E-state index in [9.17, 15) is 0 Å². The van der Waals surface area contributed by atoms with Gasteiger partial charge in [0.05, 0.1) is 10.0 Å². The lowest BCUT2D eigenvalue weighted by Crippen LogP contribution is -2.03. The standard InChI is InChI=1S/C14H16BrN3O/c1-4-16-13-10(3)14(18-8-17-13)19-12-6-5-9(2)7-11(12)15/h5-8H,4H2,1-3H3,(H,16,17,18). The van der Waals surface area contributed by atoms with Crippen molar-refractivity contribution in [1.29, 1.82) is 0 Å². The van der Waals surface area contributed by atoms with Crippen LogP contribution in [0, 0.1) is 13.8 Å². The minimum atomic E-state index is 0.565. The Labute approximate surface area is 121 Å². The molecule has 2 rings (SSSR count). The third-order valence-electron chi connectivity index (χ3n) is 2.68. The largest absolute Gasteiger partial charge is 0.437 e. The Hall–Kier alpha value is -1.62. The van der Waals surface area contributed by atoms with Gasteiger partial charge in [-0.15, -0.1) is 0 Å². The van der Waals surface area contributed by atoms with Crippen molar-refractivity contribution in [3.63, 3.8) is 0 Å². The van der Waals surface area contributed by atoms with Crippen LogP contribution in [0.5, 0.6) is 11.6 Å². The van der Waals surface area contributed by atoms with Gasteiger partial charge in [-0.05, 0) is 54.4 Å². The minimum Gasteiger partial charge on any atom is -0.437 e. The molecule has 1 aromatic carbocycles. The highest BCUT2D eigenvalue weighted by atomic mass is 79.9. The molecule has 4 nitrogen and oxygen atoms in total. The number of anilines is 1. The van der Waals surface area contributed by atoms with Gasteiger partial charge in [0.15, 0.2) is 0 Å². The zero-order valence-corrected chi connectivity index (χ0v) is 12.8. The van der Waals surface area contributed by atoms with Crippen molar-refractivity contribution in [3.05, 3.63) is 40.1 Å². The molecule has 1 N–H and O–H groups in total. The number of ether oxygens (including phenoxy) is 1. The van der Waals surface area contributed by atoms with E-state index in [-0.39, 0.29) is 0 Å². The summed E-state index contributed by atoms with van der Waals surface area (Å²) in [6, 6.07) is 5.94. The fraction of sp³-hybridized carbons (Fsp3) is 0.286. The van der Waals surface area contributed by atoms with Crippen molar-refractivity contribution in [2.24, 2.45) is 0 Å². The topological polar surface area (TPSA) is 47.0 Å². The molecule has 0 aliphatic rings. The first-order valence-electron chi connectivity index (χ1n) is 6.11. The molecule has 1 heterocycles. The summed E-state index contributed by atoms with van der Waals surface area (Å²) in [6.07, 6.45) is 1.50. The molecule has 0 fully saturated rings. The molecule has 0 aliphatic heterocycles. The normalized spacial score (nSPS) is 10.3. The molecule has 0 aliphatic carbocycles. The first-order valence-corrected chi connectivity index (χ1v) is 6.90. The van der Waals surface area contributed by atoms with Gasteiger partial charge < -0.3 is 10.1 Å². The Bertz CT molecular complexity index is 587. The average molecular weight is 322 g/mol. The van der Waals surface area contributed by atoms with E-state index in [2.05, 4.69) is 31.2 Å². The lowest BCUT2D eigenvalue weighted by Gasteiger charge is -2.12. The summed E-state index contributed by atoms with van der Waals surface area (Å²) in [5, 5.41) is 3.18. The number of halogens is 1. The van der Waals surface area contributed by atoms with E-state index in [0.29, 0.717) is 5.88 Å². The van der Waals surface area contributed by atoms with Crippen molar-refractivity contribution in [2.45, 2.75) is 20.8 Å². The number of aromatic nitrogens is 2. The van der Waals surface area contributed by atoms with Crippen LogP contribution >= 0.6 is 15.9 Å². The van der Waals surface area contributed by atoms with Gasteiger partial charge in [0.2, 0.25) is 5.88 Å². The number of hydrogen-bond donors (Lipinski definition) is 1. The summed E-state index contributed by atoms with van der Waals surface area (Å²) < 4.78 is 6.76. The maximum Gasteiger partial charge on any atom is 0.227 e. The van der Waals surface area contributed by atoms with Gasteiger partial charge in [0.1, 0.15) is 17.9 Å². The monoisotopic (exact) mass is 321 g/mol. The summed E-state index contributed by atoms with van der Waals surface area (Å²) in [5.41, 5.74) is 2.07. The highest BCUT2D eigenvalue weighted by Gasteiger charge is 2.10. The summed E-state index contributed by atoms with van der Waals surface area (Å²) in [5.74, 6) is 2.11. The Balaban J connectivity index is 2.30. The van der Waals surface area contributed by atoms with E-state index in [0.717, 1.165) is 28.1 Å². The minimum absolute atomic E-state index is 0.565. The predicted octanol–water partition coefficient (Wildman–Crippen LogP) is 4.08. The molecule has 1 aromatic heterocycles. The fourth-order valence-corrected chi connectivity index (χ4v) is 2.25. The maximum atomic E-state index is 5.84. The SMILES string of the molecule is CCNc1ncnc(Oc2ccc(C)cc2Br)c1C. The van der Waals surface area contributed by atoms with Crippen LogP contribution in [0.3, 0.4) is 0 Å². The van der Waals surface area contributed by atoms with Gasteiger partial charge in [-0.3, -0.25) is 0 Å². The van der Waals surface area contributed by atoms with Crippen molar-refractivity contribution in [1.82, 2.24) is 9.97 Å². The second kappa shape index (κ2) is 6.02. The number of benzene rings is 1. The molecule has 0 unspecified atom stereocenters. The fourth-order valence-electron chi connectivity index (χ4n) is 1.68. The second-order valence-electron chi connectivity index (χ2n) is 4.22. The van der Waals surface area contributed by atoms with E-state index in [1.54, 1.807) is 0 Å². The summed E-state index contributed by atoms with van der Waals surface area (Å²) in [4.78, 5) is 8.38. The molecule has 0 atom stereocenters. The Morgan fingerprint density at radius 2 is 2.05 bits per heavy atom. The van der Waals surface area contributed by atoms with Crippen molar-refractivity contribution in [2.75, 3.05) is 11.9 Å². The molecule has 0 radical (unpaired) electrons. The van der Waals surface area contributed by atoms with Crippen molar-refractivity contribution >= 4 is 21.7 Å². The number of aryl methyl sites for hydroxylation is 1. The summed E-state index contributed by atoms with van der Waals surface area (Å²) >= 11 is 3.49. The van der Waals surface area contributed by atoms with Crippen LogP contribution < -0.4 is 10.1 Å². The van der Waals surface area contributed by atoms with E-state index in [4.69, 9.17) is 4.74 Å². The molecular weight excluding hydrogens is 306 g/mol. The Morgan fingerprint density at radius 1 is 1.26 bits per heavy atom. The molecule has 19 heavy (non-hydrogen) atoms. The molecule has 5 heteroatoms. The maximum absolute atomic E-state index is 5.84. The first-order chi connectivity index (χ1) is 9.11. The van der Waals surface area contributed by atoms with E-state index < -0.39 is 0 Å². The van der Waals surface area contributed by atoms with E-state index in [1.165, 1.54) is 11.9 Å². The highest BCUT2D eigenvalue weighted by Crippen LogP contribution is 2.32. The number of nitrogens with zero attached hydrogens (tertiary/aromatic N) is 2. The zero-order valence-electron chi connectivity index (χ0n) is 11.2. The van der Waals surface area contributed by atoms with Crippen LogP contribution in [0.25, 0.3) is 0 Å². The molecular formula is C14H16BrN3O. The zero-order chi connectivity index (χ0) is 13.8. The molecule has 100 valence electrons. The van der Waals surface area contributed by atoms with Gasteiger partial charge in [-0.25, -0.2) is 9.97 Å². The summed E-state index contributed by atoms with van der Waals surface area (Å²) in [6.45, 7) is 6.81. The predicted molar refractivity (Wildman–Crippen MR) is 79.9 cm³/mol. The third kappa shape index (κ3) is 3.23. The molecule has 0 spiro atoms. The van der Waals surface area contributed by atoms with Gasteiger partial charge in [-0.2, -0.15) is 0 Å². The van der Waals surface area contributed by atoms with Crippen LogP contribution in [-0.2, 0) is 0 Å². The van der Waals surface area contributed by atoms with Gasteiger partial charge >= 0.3 is 0 Å². The number of rotatable bonds is 4. The Morgan fingerprint density at radius 3 is 2.74 bits per heavy atom. The van der Waals surface area contributed by atoms with E-state index >= 15 is 0 Å². The Kier molecular flexibility index (Phi) is 4.37. The van der Waals surface area contributed by atoms with Crippen LogP contribution in [0.1, 0.15) is 18.1 Å². The van der Waals surface area contributed by atoms with Crippen LogP contribution in [-0.4, -0.2) is 16.5 Å². The van der Waals surface area contributed by atoms with Crippen LogP contribution in [0.15, 0.2) is 29.0 Å². The first kappa shape index (κ1) is 13.8. The lowest BCUT2D eigenvalue weighted by molar-refractivity contribution is 0.455. The molecule has 0 saturated carbocycles. The lowest BCUT2D eigenvalue weighted by atomic mass is 10.2. The number of hydrogen-bond acceptors (Lipinski definition) is 4. The van der Waals surface area contributed by atoms with Crippen molar-refractivity contribution in [3.8, 4) is 11.6 Å². The summed E-state index contributed by atoms with van der Waals surface area (Å²) in [7, 11) is 0.